The van der Waals surface area contributed by atoms with Crippen LogP contribution in [0.1, 0.15) is 19.3 Å². The van der Waals surface area contributed by atoms with Gasteiger partial charge in [-0.2, -0.15) is 0 Å². The molecule has 0 aliphatic rings. The van der Waals surface area contributed by atoms with Crippen molar-refractivity contribution in [2.75, 3.05) is 6.61 Å². The average Bonchev–Trinajstić information content (AvgIpc) is 1.85. The quantitative estimate of drug-likeness (QED) is 0.492. The van der Waals surface area contributed by atoms with E-state index in [0.717, 1.165) is 0 Å². The number of rotatable bonds is 5. The zero-order valence-corrected chi connectivity index (χ0v) is 5.79. The summed E-state index contributed by atoms with van der Waals surface area (Å²) in [5.74, 6) is -0.839. The predicted molar refractivity (Wildman–Crippen MR) is 36.5 cm³/mol. The van der Waals surface area contributed by atoms with Gasteiger partial charge in [0.2, 0.25) is 0 Å². The third-order valence-electron chi connectivity index (χ3n) is 1.23. The molecular formula is C6H13NO3. The zero-order valence-electron chi connectivity index (χ0n) is 5.79. The van der Waals surface area contributed by atoms with E-state index in [1.807, 2.05) is 0 Å². The molecule has 0 aromatic heterocycles. The minimum atomic E-state index is -0.839. The van der Waals surface area contributed by atoms with Crippen LogP contribution in [0.25, 0.3) is 0 Å². The molecule has 0 saturated carbocycles. The van der Waals surface area contributed by atoms with Crippen molar-refractivity contribution in [1.82, 2.24) is 0 Å². The largest absolute Gasteiger partial charge is 0.481 e. The molecule has 0 amide bonds. The van der Waals surface area contributed by atoms with Crippen LogP contribution in [-0.4, -0.2) is 28.8 Å². The van der Waals surface area contributed by atoms with Crippen LogP contribution in [0, 0.1) is 0 Å². The van der Waals surface area contributed by atoms with E-state index < -0.39 is 5.97 Å². The Labute approximate surface area is 59.7 Å². The van der Waals surface area contributed by atoms with Gasteiger partial charge in [0, 0.05) is 19.1 Å². The first-order chi connectivity index (χ1) is 4.66. The Hall–Kier alpha value is -0.610. The smallest absolute Gasteiger partial charge is 0.303 e. The molecule has 0 aliphatic heterocycles. The van der Waals surface area contributed by atoms with Gasteiger partial charge in [0.15, 0.2) is 0 Å². The Bertz CT molecular complexity index is 105. The summed E-state index contributed by atoms with van der Waals surface area (Å²) in [6.07, 6.45) is 1.00. The summed E-state index contributed by atoms with van der Waals surface area (Å²) in [5, 5.41) is 16.6. The number of carboxylic acids is 1. The van der Waals surface area contributed by atoms with E-state index in [2.05, 4.69) is 0 Å². The molecule has 0 aromatic rings. The van der Waals surface area contributed by atoms with Crippen molar-refractivity contribution in [1.29, 1.82) is 0 Å². The number of nitrogens with two attached hydrogens (primary N) is 1. The van der Waals surface area contributed by atoms with Crippen LogP contribution in [0.3, 0.4) is 0 Å². The molecule has 0 spiro atoms. The Morgan fingerprint density at radius 1 is 1.50 bits per heavy atom. The second-order valence-corrected chi connectivity index (χ2v) is 2.20. The van der Waals surface area contributed by atoms with Crippen LogP contribution in [0.2, 0.25) is 0 Å². The van der Waals surface area contributed by atoms with E-state index in [1.54, 1.807) is 0 Å². The lowest BCUT2D eigenvalue weighted by Crippen LogP contribution is -2.22. The van der Waals surface area contributed by atoms with E-state index in [9.17, 15) is 4.79 Å². The Balaban J connectivity index is 3.21. The molecule has 4 N–H and O–H groups in total. The van der Waals surface area contributed by atoms with Gasteiger partial charge >= 0.3 is 5.97 Å². The highest BCUT2D eigenvalue weighted by Crippen LogP contribution is 1.97. The average molecular weight is 147 g/mol. The summed E-state index contributed by atoms with van der Waals surface area (Å²) >= 11 is 0. The minimum absolute atomic E-state index is 0.0286. The Kier molecular flexibility index (Phi) is 4.88. The number of hydrogen-bond acceptors (Lipinski definition) is 3. The molecule has 0 bridgehead atoms. The van der Waals surface area contributed by atoms with Crippen LogP contribution < -0.4 is 5.73 Å². The number of hydrogen-bond donors (Lipinski definition) is 3. The molecule has 1 atom stereocenters. The third kappa shape index (κ3) is 5.53. The highest BCUT2D eigenvalue weighted by Gasteiger charge is 2.03. The van der Waals surface area contributed by atoms with E-state index in [-0.39, 0.29) is 19.1 Å². The standard InChI is InChI=1S/C6H13NO3/c7-5(3-4-8)1-2-6(9)10/h5,8H,1-4,7H2,(H,9,10). The molecule has 4 heteroatoms. The van der Waals surface area contributed by atoms with Gasteiger partial charge in [-0.05, 0) is 12.8 Å². The summed E-state index contributed by atoms with van der Waals surface area (Å²) in [4.78, 5) is 9.99. The molecule has 10 heavy (non-hydrogen) atoms. The number of carbonyl (C=O) groups is 1. The van der Waals surface area contributed by atoms with Crippen LogP contribution in [0.4, 0.5) is 0 Å². The highest BCUT2D eigenvalue weighted by molar-refractivity contribution is 5.66. The molecule has 0 aromatic carbocycles. The molecule has 0 aliphatic carbocycles. The second-order valence-electron chi connectivity index (χ2n) is 2.20. The van der Waals surface area contributed by atoms with Gasteiger partial charge in [-0.1, -0.05) is 0 Å². The first-order valence-corrected chi connectivity index (χ1v) is 3.25. The maximum absolute atomic E-state index is 9.99. The first kappa shape index (κ1) is 9.39. The summed E-state index contributed by atoms with van der Waals surface area (Å²) in [6, 6.07) is -0.180. The van der Waals surface area contributed by atoms with Gasteiger partial charge in [0.1, 0.15) is 0 Å². The predicted octanol–water partition coefficient (Wildman–Crippen LogP) is -0.439. The molecule has 60 valence electrons. The minimum Gasteiger partial charge on any atom is -0.481 e. The molecule has 0 saturated heterocycles. The van der Waals surface area contributed by atoms with Crippen molar-refractivity contribution in [3.05, 3.63) is 0 Å². The van der Waals surface area contributed by atoms with E-state index in [4.69, 9.17) is 15.9 Å². The number of carboxylic acid groups (broad SMARTS) is 1. The van der Waals surface area contributed by atoms with Crippen molar-refractivity contribution in [3.63, 3.8) is 0 Å². The van der Waals surface area contributed by atoms with Crippen molar-refractivity contribution >= 4 is 5.97 Å². The monoisotopic (exact) mass is 147 g/mol. The van der Waals surface area contributed by atoms with Crippen molar-refractivity contribution in [2.45, 2.75) is 25.3 Å². The molecule has 0 heterocycles. The maximum Gasteiger partial charge on any atom is 0.303 e. The van der Waals surface area contributed by atoms with Crippen LogP contribution >= 0.6 is 0 Å². The van der Waals surface area contributed by atoms with Crippen molar-refractivity contribution in [2.24, 2.45) is 5.73 Å². The van der Waals surface area contributed by atoms with E-state index in [0.29, 0.717) is 12.8 Å². The van der Waals surface area contributed by atoms with Gasteiger partial charge in [0.05, 0.1) is 0 Å². The van der Waals surface area contributed by atoms with Gasteiger partial charge in [-0.3, -0.25) is 4.79 Å². The maximum atomic E-state index is 9.99. The van der Waals surface area contributed by atoms with Gasteiger partial charge in [-0.15, -0.1) is 0 Å². The second kappa shape index (κ2) is 5.20. The first-order valence-electron chi connectivity index (χ1n) is 3.25. The number of aliphatic hydroxyl groups excluding tert-OH is 1. The molecule has 1 unspecified atom stereocenters. The van der Waals surface area contributed by atoms with Crippen molar-refractivity contribution < 1.29 is 15.0 Å². The summed E-state index contributed by atoms with van der Waals surface area (Å²) in [6.45, 7) is 0.0286. The van der Waals surface area contributed by atoms with Crippen LogP contribution in [0.5, 0.6) is 0 Å². The van der Waals surface area contributed by atoms with Gasteiger partial charge in [0.25, 0.3) is 0 Å². The zero-order chi connectivity index (χ0) is 7.98. The van der Waals surface area contributed by atoms with E-state index in [1.165, 1.54) is 0 Å². The fourth-order valence-electron chi connectivity index (χ4n) is 0.619. The number of aliphatic hydroxyl groups is 1. The highest BCUT2D eigenvalue weighted by atomic mass is 16.4. The van der Waals surface area contributed by atoms with Crippen LogP contribution in [0.15, 0.2) is 0 Å². The summed E-state index contributed by atoms with van der Waals surface area (Å²) in [5.41, 5.74) is 5.41. The lowest BCUT2D eigenvalue weighted by atomic mass is 10.1. The Morgan fingerprint density at radius 2 is 2.10 bits per heavy atom. The lowest BCUT2D eigenvalue weighted by Gasteiger charge is -2.06. The molecule has 0 rings (SSSR count). The van der Waals surface area contributed by atoms with Crippen LogP contribution in [-0.2, 0) is 4.79 Å². The van der Waals surface area contributed by atoms with E-state index >= 15 is 0 Å². The van der Waals surface area contributed by atoms with Gasteiger partial charge < -0.3 is 15.9 Å². The lowest BCUT2D eigenvalue weighted by molar-refractivity contribution is -0.137. The fourth-order valence-corrected chi connectivity index (χ4v) is 0.619. The van der Waals surface area contributed by atoms with Crippen molar-refractivity contribution in [3.8, 4) is 0 Å². The molecule has 0 fully saturated rings. The topological polar surface area (TPSA) is 83.5 Å². The molecular weight excluding hydrogens is 134 g/mol. The normalized spacial score (nSPS) is 13.0. The van der Waals surface area contributed by atoms with Gasteiger partial charge in [-0.25, -0.2) is 0 Å². The summed E-state index contributed by atoms with van der Waals surface area (Å²) < 4.78 is 0. The molecule has 0 radical (unpaired) electrons. The molecule has 4 nitrogen and oxygen atoms in total. The third-order valence-corrected chi connectivity index (χ3v) is 1.23. The fraction of sp³-hybridized carbons (Fsp3) is 0.833. The summed E-state index contributed by atoms with van der Waals surface area (Å²) in [7, 11) is 0. The Morgan fingerprint density at radius 3 is 2.50 bits per heavy atom. The number of aliphatic carboxylic acids is 1. The SMILES string of the molecule is NC(CCO)CCC(=O)O.